The summed E-state index contributed by atoms with van der Waals surface area (Å²) in [6.07, 6.45) is 1.76. The van der Waals surface area contributed by atoms with Gasteiger partial charge in [0.2, 0.25) is 0 Å². The second kappa shape index (κ2) is 7.09. The van der Waals surface area contributed by atoms with E-state index in [0.29, 0.717) is 11.8 Å². The van der Waals surface area contributed by atoms with Crippen molar-refractivity contribution < 1.29 is 9.47 Å². The van der Waals surface area contributed by atoms with Crippen LogP contribution in [0.3, 0.4) is 0 Å². The molecule has 0 aliphatic rings. The third-order valence-corrected chi connectivity index (χ3v) is 3.03. The predicted octanol–water partition coefficient (Wildman–Crippen LogP) is 3.69. The molecule has 4 heteroatoms. The molecule has 0 aliphatic heterocycles. The van der Waals surface area contributed by atoms with E-state index >= 15 is 0 Å². The first-order valence-corrected chi connectivity index (χ1v) is 7.09. The van der Waals surface area contributed by atoms with Gasteiger partial charge in [0.15, 0.2) is 11.5 Å². The summed E-state index contributed by atoms with van der Waals surface area (Å²) in [4.78, 5) is 4.34. The molecule has 112 valence electrons. The fourth-order valence-corrected chi connectivity index (χ4v) is 1.91. The summed E-state index contributed by atoms with van der Waals surface area (Å²) in [5.41, 5.74) is 2.09. The lowest BCUT2D eigenvalue weighted by Crippen LogP contribution is -2.22. The Balaban J connectivity index is 2.14. The second-order valence-electron chi connectivity index (χ2n) is 5.27. The second-order valence-corrected chi connectivity index (χ2v) is 5.27. The van der Waals surface area contributed by atoms with Crippen LogP contribution in [0, 0.1) is 6.92 Å². The maximum absolute atomic E-state index is 5.91. The Labute approximate surface area is 126 Å². The van der Waals surface area contributed by atoms with Gasteiger partial charge >= 0.3 is 0 Å². The van der Waals surface area contributed by atoms with Gasteiger partial charge in [0.25, 0.3) is 0 Å². The molecule has 0 spiro atoms. The summed E-state index contributed by atoms with van der Waals surface area (Å²) < 4.78 is 11.3. The molecule has 0 amide bonds. The zero-order valence-electron chi connectivity index (χ0n) is 13.0. The monoisotopic (exact) mass is 286 g/mol. The highest BCUT2D eigenvalue weighted by molar-refractivity contribution is 5.45. The predicted molar refractivity (Wildman–Crippen MR) is 84.0 cm³/mol. The molecule has 1 aromatic carbocycles. The molecule has 2 aromatic rings. The van der Waals surface area contributed by atoms with Crippen LogP contribution in [0.4, 0.5) is 0 Å². The molecular formula is C17H22N2O2. The first-order chi connectivity index (χ1) is 10.1. The number of nitrogens with zero attached hydrogens (tertiary/aromatic N) is 1. The van der Waals surface area contributed by atoms with Crippen LogP contribution in [0.1, 0.15) is 25.1 Å². The van der Waals surface area contributed by atoms with Crippen LogP contribution < -0.4 is 14.8 Å². The zero-order chi connectivity index (χ0) is 15.2. The van der Waals surface area contributed by atoms with Gasteiger partial charge in [-0.2, -0.15) is 0 Å². The molecule has 0 saturated carbocycles. The topological polar surface area (TPSA) is 43.4 Å². The molecule has 0 saturated heterocycles. The molecular weight excluding hydrogens is 264 g/mol. The maximum Gasteiger partial charge on any atom is 0.169 e. The van der Waals surface area contributed by atoms with Crippen molar-refractivity contribution in [1.29, 1.82) is 0 Å². The van der Waals surface area contributed by atoms with Crippen LogP contribution >= 0.6 is 0 Å². The van der Waals surface area contributed by atoms with Crippen molar-refractivity contribution >= 4 is 0 Å². The van der Waals surface area contributed by atoms with Crippen LogP contribution in [0.2, 0.25) is 0 Å². The lowest BCUT2D eigenvalue weighted by atomic mass is 10.2. The molecule has 21 heavy (non-hydrogen) atoms. The van der Waals surface area contributed by atoms with Gasteiger partial charge in [-0.15, -0.1) is 0 Å². The summed E-state index contributed by atoms with van der Waals surface area (Å²) in [5.74, 6) is 2.19. The Morgan fingerprint density at radius 1 is 1.14 bits per heavy atom. The standard InChI is InChI=1S/C17H22N2O2/c1-12(2)19-11-14-10-15(7-8-18-14)21-16-6-5-13(3)9-17(16)20-4/h5-10,12,19H,11H2,1-4H3. The molecule has 2 rings (SSSR count). The SMILES string of the molecule is COc1cc(C)ccc1Oc1ccnc(CNC(C)C)c1. The van der Waals surface area contributed by atoms with Gasteiger partial charge in [-0.1, -0.05) is 19.9 Å². The third-order valence-electron chi connectivity index (χ3n) is 3.03. The van der Waals surface area contributed by atoms with Gasteiger partial charge in [0, 0.05) is 24.8 Å². The number of aryl methyl sites for hydroxylation is 1. The minimum absolute atomic E-state index is 0.425. The normalized spacial score (nSPS) is 10.7. The zero-order valence-corrected chi connectivity index (χ0v) is 13.0. The van der Waals surface area contributed by atoms with Crippen LogP contribution in [-0.4, -0.2) is 18.1 Å². The molecule has 0 unspecified atom stereocenters. The van der Waals surface area contributed by atoms with E-state index in [0.717, 1.165) is 29.3 Å². The van der Waals surface area contributed by atoms with Gasteiger partial charge in [0.1, 0.15) is 5.75 Å². The third kappa shape index (κ3) is 4.46. The summed E-state index contributed by atoms with van der Waals surface area (Å²) in [6.45, 7) is 6.96. The van der Waals surface area contributed by atoms with Crippen LogP contribution in [0.15, 0.2) is 36.5 Å². The number of nitrogens with one attached hydrogen (secondary N) is 1. The number of hydrogen-bond acceptors (Lipinski definition) is 4. The number of aromatic nitrogens is 1. The largest absolute Gasteiger partial charge is 0.493 e. The van der Waals surface area contributed by atoms with Crippen LogP contribution in [0.5, 0.6) is 17.2 Å². The van der Waals surface area contributed by atoms with E-state index in [1.165, 1.54) is 0 Å². The van der Waals surface area contributed by atoms with Crippen molar-refractivity contribution in [2.45, 2.75) is 33.4 Å². The Hall–Kier alpha value is -2.07. The number of benzene rings is 1. The molecule has 1 heterocycles. The van der Waals surface area contributed by atoms with E-state index in [4.69, 9.17) is 9.47 Å². The van der Waals surface area contributed by atoms with Gasteiger partial charge < -0.3 is 14.8 Å². The number of pyridine rings is 1. The highest BCUT2D eigenvalue weighted by Crippen LogP contribution is 2.32. The summed E-state index contributed by atoms with van der Waals surface area (Å²) >= 11 is 0. The molecule has 0 fully saturated rings. The van der Waals surface area contributed by atoms with Crippen LogP contribution in [-0.2, 0) is 6.54 Å². The van der Waals surface area contributed by atoms with E-state index in [1.807, 2.05) is 37.3 Å². The number of methoxy groups -OCH3 is 1. The van der Waals surface area contributed by atoms with Crippen molar-refractivity contribution in [1.82, 2.24) is 10.3 Å². The lowest BCUT2D eigenvalue weighted by molar-refractivity contribution is 0.378. The van der Waals surface area contributed by atoms with Crippen molar-refractivity contribution in [2.75, 3.05) is 7.11 Å². The Bertz CT molecular complexity index is 597. The average Bonchev–Trinajstić information content (AvgIpc) is 2.47. The average molecular weight is 286 g/mol. The smallest absolute Gasteiger partial charge is 0.169 e. The molecule has 0 radical (unpaired) electrons. The van der Waals surface area contributed by atoms with Crippen molar-refractivity contribution in [3.05, 3.63) is 47.8 Å². The van der Waals surface area contributed by atoms with Gasteiger partial charge in [-0.3, -0.25) is 4.98 Å². The molecule has 1 aromatic heterocycles. The summed E-state index contributed by atoms with van der Waals surface area (Å²) in [6, 6.07) is 10.1. The van der Waals surface area contributed by atoms with Crippen molar-refractivity contribution in [3.8, 4) is 17.2 Å². The highest BCUT2D eigenvalue weighted by Gasteiger charge is 2.07. The quantitative estimate of drug-likeness (QED) is 0.879. The van der Waals surface area contributed by atoms with Crippen molar-refractivity contribution in [3.63, 3.8) is 0 Å². The Morgan fingerprint density at radius 3 is 2.67 bits per heavy atom. The van der Waals surface area contributed by atoms with E-state index in [2.05, 4.69) is 24.1 Å². The number of ether oxygens (including phenoxy) is 2. The molecule has 1 N–H and O–H groups in total. The van der Waals surface area contributed by atoms with E-state index < -0.39 is 0 Å². The Kier molecular flexibility index (Phi) is 5.17. The lowest BCUT2D eigenvalue weighted by Gasteiger charge is -2.12. The Morgan fingerprint density at radius 2 is 1.95 bits per heavy atom. The van der Waals surface area contributed by atoms with E-state index in [9.17, 15) is 0 Å². The molecule has 0 aliphatic carbocycles. The van der Waals surface area contributed by atoms with E-state index in [-0.39, 0.29) is 0 Å². The number of rotatable bonds is 6. The van der Waals surface area contributed by atoms with E-state index in [1.54, 1.807) is 13.3 Å². The fourth-order valence-electron chi connectivity index (χ4n) is 1.91. The summed E-state index contributed by atoms with van der Waals surface area (Å²) in [5, 5.41) is 3.34. The van der Waals surface area contributed by atoms with Crippen LogP contribution in [0.25, 0.3) is 0 Å². The maximum atomic E-state index is 5.91. The number of hydrogen-bond donors (Lipinski definition) is 1. The first-order valence-electron chi connectivity index (χ1n) is 7.09. The molecule has 4 nitrogen and oxygen atoms in total. The van der Waals surface area contributed by atoms with Gasteiger partial charge in [-0.05, 0) is 30.7 Å². The van der Waals surface area contributed by atoms with Gasteiger partial charge in [-0.25, -0.2) is 0 Å². The fraction of sp³-hybridized carbons (Fsp3) is 0.353. The highest BCUT2D eigenvalue weighted by atomic mass is 16.5. The summed E-state index contributed by atoms with van der Waals surface area (Å²) in [7, 11) is 1.65. The first kappa shape index (κ1) is 15.3. The molecule has 0 bridgehead atoms. The minimum atomic E-state index is 0.425. The van der Waals surface area contributed by atoms with Gasteiger partial charge in [0.05, 0.1) is 12.8 Å². The van der Waals surface area contributed by atoms with Crippen molar-refractivity contribution in [2.24, 2.45) is 0 Å². The minimum Gasteiger partial charge on any atom is -0.493 e. The molecule has 0 atom stereocenters.